The lowest BCUT2D eigenvalue weighted by Crippen LogP contribution is -2.49. The number of nitrogens with one attached hydrogen (secondary N) is 2. The molecule has 0 saturated carbocycles. The highest BCUT2D eigenvalue weighted by Gasteiger charge is 2.23. The number of likely N-dealkylation sites (tertiary alicyclic amines) is 1. The summed E-state index contributed by atoms with van der Waals surface area (Å²) in [5.74, 6) is 0.722. The summed E-state index contributed by atoms with van der Waals surface area (Å²) < 4.78 is 0. The van der Waals surface area contributed by atoms with Crippen LogP contribution < -0.4 is 15.8 Å². The van der Waals surface area contributed by atoms with Gasteiger partial charge in [0.1, 0.15) is 0 Å². The highest BCUT2D eigenvalue weighted by molar-refractivity contribution is 5.95. The third-order valence-electron chi connectivity index (χ3n) is 4.89. The van der Waals surface area contributed by atoms with Gasteiger partial charge in [-0.1, -0.05) is 13.8 Å². The summed E-state index contributed by atoms with van der Waals surface area (Å²) in [7, 11) is 0. The Bertz CT molecular complexity index is 588. The van der Waals surface area contributed by atoms with Crippen LogP contribution in [-0.2, 0) is 4.79 Å². The SMILES string of the molecule is CCN(CC)c1ccc(C(=O)NNC(=O)CN2C[C@H](C)C[C@H](C)C2)cc1. The zero-order valence-corrected chi connectivity index (χ0v) is 16.4. The van der Waals surface area contributed by atoms with Crippen molar-refractivity contribution >= 4 is 17.5 Å². The van der Waals surface area contributed by atoms with Crippen LogP contribution in [0.2, 0.25) is 0 Å². The molecule has 6 nitrogen and oxygen atoms in total. The van der Waals surface area contributed by atoms with E-state index in [1.54, 1.807) is 12.1 Å². The number of nitrogens with zero attached hydrogens (tertiary/aromatic N) is 2. The molecule has 1 aromatic carbocycles. The van der Waals surface area contributed by atoms with Gasteiger partial charge in [-0.3, -0.25) is 25.3 Å². The number of benzene rings is 1. The molecule has 6 heteroatoms. The molecule has 0 aliphatic carbocycles. The van der Waals surface area contributed by atoms with E-state index in [9.17, 15) is 9.59 Å². The molecule has 0 bridgehead atoms. The van der Waals surface area contributed by atoms with Crippen molar-refractivity contribution in [2.75, 3.05) is 37.6 Å². The maximum Gasteiger partial charge on any atom is 0.269 e. The van der Waals surface area contributed by atoms with Crippen LogP contribution in [0, 0.1) is 11.8 Å². The van der Waals surface area contributed by atoms with Gasteiger partial charge in [0, 0.05) is 37.4 Å². The number of piperidine rings is 1. The van der Waals surface area contributed by atoms with Crippen molar-refractivity contribution in [2.24, 2.45) is 11.8 Å². The molecule has 1 aliphatic rings. The van der Waals surface area contributed by atoms with E-state index >= 15 is 0 Å². The van der Waals surface area contributed by atoms with E-state index in [4.69, 9.17) is 0 Å². The zero-order valence-electron chi connectivity index (χ0n) is 16.4. The molecule has 2 amide bonds. The van der Waals surface area contributed by atoms with Crippen molar-refractivity contribution in [1.29, 1.82) is 0 Å². The van der Waals surface area contributed by atoms with Gasteiger partial charge >= 0.3 is 0 Å². The molecule has 0 spiro atoms. The minimum Gasteiger partial charge on any atom is -0.372 e. The number of hydrogen-bond acceptors (Lipinski definition) is 4. The summed E-state index contributed by atoms with van der Waals surface area (Å²) >= 11 is 0. The van der Waals surface area contributed by atoms with E-state index in [0.717, 1.165) is 31.9 Å². The second-order valence-electron chi connectivity index (χ2n) is 7.36. The molecule has 2 atom stereocenters. The molecule has 1 aromatic rings. The van der Waals surface area contributed by atoms with E-state index in [1.807, 2.05) is 12.1 Å². The number of hydrogen-bond donors (Lipinski definition) is 2. The Labute approximate surface area is 156 Å². The van der Waals surface area contributed by atoms with Crippen LogP contribution in [-0.4, -0.2) is 49.4 Å². The first-order valence-corrected chi connectivity index (χ1v) is 9.59. The van der Waals surface area contributed by atoms with Gasteiger partial charge < -0.3 is 4.90 Å². The van der Waals surface area contributed by atoms with Crippen molar-refractivity contribution in [1.82, 2.24) is 15.8 Å². The van der Waals surface area contributed by atoms with Crippen molar-refractivity contribution in [3.63, 3.8) is 0 Å². The van der Waals surface area contributed by atoms with Crippen LogP contribution in [0.25, 0.3) is 0 Å². The summed E-state index contributed by atoms with van der Waals surface area (Å²) in [5.41, 5.74) is 6.65. The lowest BCUT2D eigenvalue weighted by atomic mass is 9.92. The summed E-state index contributed by atoms with van der Waals surface area (Å²) in [5, 5.41) is 0. The fraction of sp³-hybridized carbons (Fsp3) is 0.600. The second kappa shape index (κ2) is 9.57. The molecule has 26 heavy (non-hydrogen) atoms. The van der Waals surface area contributed by atoms with Crippen molar-refractivity contribution in [3.8, 4) is 0 Å². The topological polar surface area (TPSA) is 64.7 Å². The third-order valence-corrected chi connectivity index (χ3v) is 4.89. The van der Waals surface area contributed by atoms with Crippen LogP contribution in [0.15, 0.2) is 24.3 Å². The number of carbonyl (C=O) groups excluding carboxylic acids is 2. The Hall–Kier alpha value is -2.08. The largest absolute Gasteiger partial charge is 0.372 e. The van der Waals surface area contributed by atoms with Crippen LogP contribution in [0.4, 0.5) is 5.69 Å². The van der Waals surface area contributed by atoms with Gasteiger partial charge in [0.2, 0.25) is 0 Å². The van der Waals surface area contributed by atoms with E-state index < -0.39 is 0 Å². The highest BCUT2D eigenvalue weighted by atomic mass is 16.2. The van der Waals surface area contributed by atoms with Gasteiger partial charge in [-0.2, -0.15) is 0 Å². The van der Waals surface area contributed by atoms with Gasteiger partial charge in [0.15, 0.2) is 0 Å². The van der Waals surface area contributed by atoms with Crippen LogP contribution in [0.1, 0.15) is 44.5 Å². The number of carbonyl (C=O) groups is 2. The fourth-order valence-corrected chi connectivity index (χ4v) is 3.77. The summed E-state index contributed by atoms with van der Waals surface area (Å²) in [4.78, 5) is 28.7. The summed E-state index contributed by atoms with van der Waals surface area (Å²) in [6.45, 7) is 12.6. The standard InChI is InChI=1S/C20H32N4O2/c1-5-24(6-2)18-9-7-17(8-10-18)20(26)22-21-19(25)14-23-12-15(3)11-16(4)13-23/h7-10,15-16H,5-6,11-14H2,1-4H3,(H,21,25)(H,22,26)/t15-,16+. The zero-order chi connectivity index (χ0) is 19.1. The Morgan fingerprint density at radius 2 is 1.62 bits per heavy atom. The second-order valence-corrected chi connectivity index (χ2v) is 7.36. The predicted molar refractivity (Wildman–Crippen MR) is 105 cm³/mol. The van der Waals surface area contributed by atoms with Gasteiger partial charge in [-0.15, -0.1) is 0 Å². The lowest BCUT2D eigenvalue weighted by molar-refractivity contribution is -0.123. The summed E-state index contributed by atoms with van der Waals surface area (Å²) in [6.07, 6.45) is 1.21. The minimum atomic E-state index is -0.301. The van der Waals surface area contributed by atoms with Crippen molar-refractivity contribution < 1.29 is 9.59 Å². The van der Waals surface area contributed by atoms with Crippen molar-refractivity contribution in [3.05, 3.63) is 29.8 Å². The molecule has 2 N–H and O–H groups in total. The molecule has 0 aromatic heterocycles. The van der Waals surface area contributed by atoms with Gasteiger partial charge in [0.05, 0.1) is 6.54 Å². The Morgan fingerprint density at radius 3 is 2.15 bits per heavy atom. The molecular formula is C20H32N4O2. The maximum atomic E-state index is 12.2. The predicted octanol–water partition coefficient (Wildman–Crippen LogP) is 2.27. The molecular weight excluding hydrogens is 328 g/mol. The van der Waals surface area contributed by atoms with Gasteiger partial charge in [0.25, 0.3) is 11.8 Å². The highest BCUT2D eigenvalue weighted by Crippen LogP contribution is 2.20. The first kappa shape index (κ1) is 20.2. The van der Waals surface area contributed by atoms with E-state index in [-0.39, 0.29) is 11.8 Å². The number of amides is 2. The normalized spacial score (nSPS) is 20.5. The molecule has 0 radical (unpaired) electrons. The first-order valence-electron chi connectivity index (χ1n) is 9.59. The third kappa shape index (κ3) is 5.73. The molecule has 1 aliphatic heterocycles. The van der Waals surface area contributed by atoms with E-state index in [1.165, 1.54) is 6.42 Å². The van der Waals surface area contributed by atoms with Crippen LogP contribution >= 0.6 is 0 Å². The fourth-order valence-electron chi connectivity index (χ4n) is 3.77. The molecule has 1 heterocycles. The van der Waals surface area contributed by atoms with Crippen molar-refractivity contribution in [2.45, 2.75) is 34.1 Å². The molecule has 144 valence electrons. The lowest BCUT2D eigenvalue weighted by Gasteiger charge is -2.34. The van der Waals surface area contributed by atoms with Crippen LogP contribution in [0.5, 0.6) is 0 Å². The molecule has 1 fully saturated rings. The number of rotatable bonds is 6. The number of hydrazine groups is 1. The summed E-state index contributed by atoms with van der Waals surface area (Å²) in [6, 6.07) is 7.42. The number of anilines is 1. The van der Waals surface area contributed by atoms with E-state index in [2.05, 4.69) is 48.3 Å². The molecule has 0 unspecified atom stereocenters. The van der Waals surface area contributed by atoms with Gasteiger partial charge in [-0.05, 0) is 56.4 Å². The Balaban J connectivity index is 1.81. The first-order chi connectivity index (χ1) is 12.4. The maximum absolute atomic E-state index is 12.2. The minimum absolute atomic E-state index is 0.181. The van der Waals surface area contributed by atoms with Gasteiger partial charge in [-0.25, -0.2) is 0 Å². The monoisotopic (exact) mass is 360 g/mol. The smallest absolute Gasteiger partial charge is 0.269 e. The molecule has 1 saturated heterocycles. The average molecular weight is 361 g/mol. The van der Waals surface area contributed by atoms with Crippen LogP contribution in [0.3, 0.4) is 0 Å². The quantitative estimate of drug-likeness (QED) is 0.764. The Kier molecular flexibility index (Phi) is 7.45. The Morgan fingerprint density at radius 1 is 1.04 bits per heavy atom. The average Bonchev–Trinajstić information content (AvgIpc) is 2.60. The van der Waals surface area contributed by atoms with E-state index in [0.29, 0.717) is 23.9 Å². The molecule has 2 rings (SSSR count).